The number of carbonyl (C=O) groups excluding carboxylic acids is 1. The van der Waals surface area contributed by atoms with Crippen LogP contribution in [0.4, 0.5) is 18.9 Å². The molecule has 0 saturated heterocycles. The van der Waals surface area contributed by atoms with Gasteiger partial charge in [-0.25, -0.2) is 0 Å². The maximum Gasteiger partial charge on any atom is 0.416 e. The molecule has 2 aromatic carbocycles. The topological polar surface area (TPSA) is 42.0 Å². The Morgan fingerprint density at radius 3 is 2.69 bits per heavy atom. The van der Waals surface area contributed by atoms with Crippen LogP contribution in [0.25, 0.3) is 10.9 Å². The van der Waals surface area contributed by atoms with Crippen molar-refractivity contribution >= 4 is 22.5 Å². The number of nitrogens with one attached hydrogen (secondary N) is 1. The second-order valence-corrected chi connectivity index (χ2v) is 6.20. The number of aromatic nitrogens is 1. The molecule has 3 rings (SSSR count). The lowest BCUT2D eigenvalue weighted by molar-refractivity contribution is -0.137. The van der Waals surface area contributed by atoms with Crippen LogP contribution in [0.2, 0.25) is 0 Å². The van der Waals surface area contributed by atoms with Crippen molar-refractivity contribution in [1.82, 2.24) is 4.98 Å². The zero-order valence-corrected chi connectivity index (χ0v) is 14.0. The highest BCUT2D eigenvalue weighted by Gasteiger charge is 2.30. The molecule has 1 amide bonds. The molecule has 134 valence electrons. The molecule has 3 nitrogen and oxygen atoms in total. The maximum absolute atomic E-state index is 12.8. The van der Waals surface area contributed by atoms with Crippen molar-refractivity contribution < 1.29 is 18.0 Å². The average molecular weight is 358 g/mol. The lowest BCUT2D eigenvalue weighted by Crippen LogP contribution is -2.22. The van der Waals surface area contributed by atoms with Crippen LogP contribution in [-0.2, 0) is 17.4 Å². The molecule has 26 heavy (non-hydrogen) atoms. The van der Waals surface area contributed by atoms with Gasteiger partial charge in [-0.2, -0.15) is 13.2 Å². The molecule has 1 unspecified atom stereocenters. The summed E-state index contributed by atoms with van der Waals surface area (Å²) < 4.78 is 38.4. The van der Waals surface area contributed by atoms with Gasteiger partial charge in [0.05, 0.1) is 11.1 Å². The Hall–Kier alpha value is -2.89. The van der Waals surface area contributed by atoms with Crippen LogP contribution >= 0.6 is 0 Å². The Kier molecular flexibility index (Phi) is 4.93. The fourth-order valence-electron chi connectivity index (χ4n) is 2.74. The van der Waals surface area contributed by atoms with Crippen LogP contribution in [-0.4, -0.2) is 10.9 Å². The summed E-state index contributed by atoms with van der Waals surface area (Å²) in [7, 11) is 0. The Bertz CT molecular complexity index is 937. The molecule has 0 fully saturated rings. The van der Waals surface area contributed by atoms with Crippen molar-refractivity contribution in [2.45, 2.75) is 19.5 Å². The van der Waals surface area contributed by atoms with Crippen molar-refractivity contribution in [3.05, 3.63) is 71.9 Å². The van der Waals surface area contributed by atoms with E-state index in [2.05, 4.69) is 10.3 Å². The van der Waals surface area contributed by atoms with E-state index in [1.807, 2.05) is 24.3 Å². The molecule has 0 saturated carbocycles. The van der Waals surface area contributed by atoms with Gasteiger partial charge in [-0.1, -0.05) is 31.2 Å². The average Bonchev–Trinajstić information content (AvgIpc) is 2.61. The van der Waals surface area contributed by atoms with Crippen LogP contribution in [0.15, 0.2) is 60.8 Å². The van der Waals surface area contributed by atoms with Gasteiger partial charge in [-0.15, -0.1) is 0 Å². The van der Waals surface area contributed by atoms with E-state index in [0.29, 0.717) is 11.3 Å². The third-order valence-corrected chi connectivity index (χ3v) is 4.11. The standard InChI is InChI=1S/C20H17F3N2O/c1-13(10-14-4-2-6-16(11-14)20(21,22)23)19(26)25-17-7-8-18-15(12-17)5-3-9-24-18/h2-9,11-13H,10H2,1H3,(H,25,26). The first-order valence-electron chi connectivity index (χ1n) is 8.15. The van der Waals surface area contributed by atoms with Crippen molar-refractivity contribution in [3.63, 3.8) is 0 Å². The molecule has 1 aromatic heterocycles. The van der Waals surface area contributed by atoms with E-state index in [9.17, 15) is 18.0 Å². The van der Waals surface area contributed by atoms with Gasteiger partial charge in [0.25, 0.3) is 0 Å². The van der Waals surface area contributed by atoms with E-state index in [0.717, 1.165) is 23.0 Å². The number of pyridine rings is 1. The molecular weight excluding hydrogens is 341 g/mol. The summed E-state index contributed by atoms with van der Waals surface area (Å²) in [6, 6.07) is 14.2. The quantitative estimate of drug-likeness (QED) is 0.707. The molecule has 3 aromatic rings. The zero-order valence-electron chi connectivity index (χ0n) is 14.0. The number of halogens is 3. The first-order valence-corrected chi connectivity index (χ1v) is 8.15. The van der Waals surface area contributed by atoms with Gasteiger partial charge in [0.1, 0.15) is 0 Å². The first-order chi connectivity index (χ1) is 12.3. The molecular formula is C20H17F3N2O. The highest BCUT2D eigenvalue weighted by molar-refractivity contribution is 5.94. The number of nitrogens with zero attached hydrogens (tertiary/aromatic N) is 1. The minimum Gasteiger partial charge on any atom is -0.326 e. The van der Waals surface area contributed by atoms with Gasteiger partial charge in [0.2, 0.25) is 5.91 Å². The molecule has 1 N–H and O–H groups in total. The molecule has 0 aliphatic carbocycles. The van der Waals surface area contributed by atoms with E-state index >= 15 is 0 Å². The van der Waals surface area contributed by atoms with Crippen molar-refractivity contribution in [2.75, 3.05) is 5.32 Å². The Balaban J connectivity index is 1.69. The fourth-order valence-corrected chi connectivity index (χ4v) is 2.74. The maximum atomic E-state index is 12.8. The molecule has 1 atom stereocenters. The molecule has 1 heterocycles. The van der Waals surface area contributed by atoms with E-state index < -0.39 is 17.7 Å². The number of fused-ring (bicyclic) bond motifs is 1. The number of hydrogen-bond donors (Lipinski definition) is 1. The van der Waals surface area contributed by atoms with Gasteiger partial charge >= 0.3 is 6.18 Å². The molecule has 0 radical (unpaired) electrons. The fraction of sp³-hybridized carbons (Fsp3) is 0.200. The summed E-state index contributed by atoms with van der Waals surface area (Å²) >= 11 is 0. The van der Waals surface area contributed by atoms with Gasteiger partial charge in [0, 0.05) is 23.2 Å². The Morgan fingerprint density at radius 1 is 1.12 bits per heavy atom. The number of alkyl halides is 3. The minimum atomic E-state index is -4.39. The predicted molar refractivity (Wildman–Crippen MR) is 94.7 cm³/mol. The van der Waals surface area contributed by atoms with Crippen molar-refractivity contribution in [2.24, 2.45) is 5.92 Å². The third-order valence-electron chi connectivity index (χ3n) is 4.11. The van der Waals surface area contributed by atoms with Gasteiger partial charge in [-0.3, -0.25) is 9.78 Å². The summed E-state index contributed by atoms with van der Waals surface area (Å²) in [5.74, 6) is -0.714. The van der Waals surface area contributed by atoms with Crippen molar-refractivity contribution in [3.8, 4) is 0 Å². The highest BCUT2D eigenvalue weighted by Crippen LogP contribution is 2.30. The van der Waals surface area contributed by atoms with E-state index in [4.69, 9.17) is 0 Å². The summed E-state index contributed by atoms with van der Waals surface area (Å²) in [6.45, 7) is 1.69. The zero-order chi connectivity index (χ0) is 18.7. The monoisotopic (exact) mass is 358 g/mol. The number of carbonyl (C=O) groups is 1. The summed E-state index contributed by atoms with van der Waals surface area (Å²) in [6.07, 6.45) is -2.47. The van der Waals surface area contributed by atoms with E-state index in [1.54, 1.807) is 25.3 Å². The Labute approximate surface area is 148 Å². The number of amides is 1. The largest absolute Gasteiger partial charge is 0.416 e. The van der Waals surface area contributed by atoms with Crippen LogP contribution in [0, 0.1) is 5.92 Å². The predicted octanol–water partition coefficient (Wildman–Crippen LogP) is 5.07. The molecule has 0 spiro atoms. The second kappa shape index (κ2) is 7.15. The molecule has 0 bridgehead atoms. The Morgan fingerprint density at radius 2 is 1.92 bits per heavy atom. The molecule has 0 aliphatic heterocycles. The summed E-state index contributed by atoms with van der Waals surface area (Å²) in [5.41, 5.74) is 1.23. The minimum absolute atomic E-state index is 0.227. The van der Waals surface area contributed by atoms with Gasteiger partial charge < -0.3 is 5.32 Å². The normalized spacial score (nSPS) is 12.8. The summed E-state index contributed by atoms with van der Waals surface area (Å²) in [5, 5.41) is 3.71. The number of anilines is 1. The number of rotatable bonds is 4. The van der Waals surface area contributed by atoms with Crippen LogP contribution < -0.4 is 5.32 Å². The van der Waals surface area contributed by atoms with Gasteiger partial charge in [0.15, 0.2) is 0 Å². The molecule has 6 heteroatoms. The van der Waals surface area contributed by atoms with E-state index in [-0.39, 0.29) is 12.3 Å². The summed E-state index contributed by atoms with van der Waals surface area (Å²) in [4.78, 5) is 16.6. The first kappa shape index (κ1) is 17.9. The second-order valence-electron chi connectivity index (χ2n) is 6.20. The van der Waals surface area contributed by atoms with Crippen molar-refractivity contribution in [1.29, 1.82) is 0 Å². The van der Waals surface area contributed by atoms with E-state index in [1.165, 1.54) is 6.07 Å². The highest BCUT2D eigenvalue weighted by atomic mass is 19.4. The lowest BCUT2D eigenvalue weighted by Gasteiger charge is -2.14. The SMILES string of the molecule is CC(Cc1cccc(C(F)(F)F)c1)C(=O)Nc1ccc2ncccc2c1. The lowest BCUT2D eigenvalue weighted by atomic mass is 9.98. The van der Waals surface area contributed by atoms with Gasteiger partial charge in [-0.05, 0) is 42.3 Å². The molecule has 0 aliphatic rings. The smallest absolute Gasteiger partial charge is 0.326 e. The number of hydrogen-bond acceptors (Lipinski definition) is 2. The van der Waals surface area contributed by atoms with Crippen LogP contribution in [0.5, 0.6) is 0 Å². The third kappa shape index (κ3) is 4.20. The number of benzene rings is 2. The van der Waals surface area contributed by atoms with Crippen LogP contribution in [0.1, 0.15) is 18.1 Å². The van der Waals surface area contributed by atoms with Crippen LogP contribution in [0.3, 0.4) is 0 Å².